The van der Waals surface area contributed by atoms with Crippen molar-refractivity contribution in [2.45, 2.75) is 56.7 Å². The number of nitrogens with one attached hydrogen (secondary N) is 1. The highest BCUT2D eigenvalue weighted by Crippen LogP contribution is 2.44. The summed E-state index contributed by atoms with van der Waals surface area (Å²) >= 11 is 1.68. The molecule has 2 aliphatic rings. The molecule has 32 heavy (non-hydrogen) atoms. The van der Waals surface area contributed by atoms with Crippen molar-refractivity contribution in [3.8, 4) is 11.3 Å². The number of halogens is 1. The summed E-state index contributed by atoms with van der Waals surface area (Å²) in [7, 11) is 3.97. The summed E-state index contributed by atoms with van der Waals surface area (Å²) in [6, 6.07) is 5.95. The van der Waals surface area contributed by atoms with Crippen LogP contribution in [0.3, 0.4) is 0 Å². The van der Waals surface area contributed by atoms with Gasteiger partial charge in [0.1, 0.15) is 11.0 Å². The highest BCUT2D eigenvalue weighted by Gasteiger charge is 2.49. The summed E-state index contributed by atoms with van der Waals surface area (Å²) < 4.78 is 17.3. The second-order valence-corrected chi connectivity index (χ2v) is 11.2. The number of aryl methyl sites for hydroxylation is 1. The Morgan fingerprint density at radius 1 is 1.19 bits per heavy atom. The van der Waals surface area contributed by atoms with Crippen molar-refractivity contribution >= 4 is 37.6 Å². The minimum absolute atomic E-state index is 0.215. The smallest absolute Gasteiger partial charge is 0.186 e. The Morgan fingerprint density at radius 3 is 2.69 bits per heavy atom. The summed E-state index contributed by atoms with van der Waals surface area (Å²) in [5.41, 5.74) is 3.21. The van der Waals surface area contributed by atoms with E-state index in [1.54, 1.807) is 29.3 Å². The van der Waals surface area contributed by atoms with Crippen molar-refractivity contribution in [1.82, 2.24) is 25.1 Å². The molecule has 4 aromatic rings. The van der Waals surface area contributed by atoms with E-state index in [2.05, 4.69) is 41.2 Å². The number of hydrogen-bond donors (Lipinski definition) is 1. The van der Waals surface area contributed by atoms with Gasteiger partial charge < -0.3 is 10.2 Å². The van der Waals surface area contributed by atoms with Gasteiger partial charge in [-0.3, -0.25) is 9.67 Å². The van der Waals surface area contributed by atoms with Gasteiger partial charge in [-0.25, -0.2) is 9.37 Å². The van der Waals surface area contributed by atoms with Crippen LogP contribution >= 0.6 is 11.3 Å². The van der Waals surface area contributed by atoms with Crippen molar-refractivity contribution in [3.63, 3.8) is 0 Å². The second-order valence-electron chi connectivity index (χ2n) is 10.2. The first-order valence-electron chi connectivity index (χ1n) is 11.1. The molecule has 1 N–H and O–H groups in total. The van der Waals surface area contributed by atoms with Crippen molar-refractivity contribution < 1.29 is 4.39 Å². The molecule has 1 aromatic carbocycles. The minimum Gasteiger partial charge on any atom is -0.348 e. The molecule has 5 heterocycles. The fraction of sp³-hybridized carbons (Fsp3) is 0.458. The van der Waals surface area contributed by atoms with E-state index in [-0.39, 0.29) is 16.9 Å². The number of anilines is 1. The molecule has 0 unspecified atom stereocenters. The number of thiazole rings is 1. The first-order chi connectivity index (χ1) is 15.2. The lowest BCUT2D eigenvalue weighted by molar-refractivity contribution is 0.208. The Bertz CT molecular complexity index is 1340. The van der Waals surface area contributed by atoms with Crippen LogP contribution in [0.2, 0.25) is 0 Å². The van der Waals surface area contributed by atoms with Crippen LogP contribution in [0.4, 0.5) is 9.52 Å². The molecule has 3 aromatic heterocycles. The molecule has 0 saturated carbocycles. The van der Waals surface area contributed by atoms with E-state index in [1.165, 1.54) is 18.9 Å². The van der Waals surface area contributed by atoms with E-state index in [1.807, 2.05) is 18.3 Å². The summed E-state index contributed by atoms with van der Waals surface area (Å²) in [4.78, 5) is 11.8. The van der Waals surface area contributed by atoms with E-state index in [9.17, 15) is 4.39 Å². The van der Waals surface area contributed by atoms with Gasteiger partial charge in [0.15, 0.2) is 10.9 Å². The largest absolute Gasteiger partial charge is 0.348 e. The molecular weight excluding hydrogens is 423 g/mol. The van der Waals surface area contributed by atoms with E-state index >= 15 is 0 Å². The summed E-state index contributed by atoms with van der Waals surface area (Å²) in [6.07, 6.45) is 8.36. The van der Waals surface area contributed by atoms with E-state index in [4.69, 9.17) is 4.98 Å². The Hall–Kier alpha value is -2.58. The number of benzene rings is 1. The molecule has 3 atom stereocenters. The van der Waals surface area contributed by atoms with Crippen LogP contribution in [0, 0.1) is 5.82 Å². The van der Waals surface area contributed by atoms with Crippen molar-refractivity contribution in [2.24, 2.45) is 7.05 Å². The average molecular weight is 451 g/mol. The molecule has 0 amide bonds. The third kappa shape index (κ3) is 3.19. The van der Waals surface area contributed by atoms with Crippen LogP contribution in [0.15, 0.2) is 30.6 Å². The highest BCUT2D eigenvalue weighted by molar-refractivity contribution is 7.22. The number of hydrogen-bond acceptors (Lipinski definition) is 6. The van der Waals surface area contributed by atoms with Crippen molar-refractivity contribution in [1.29, 1.82) is 0 Å². The number of piperidine rings is 1. The molecule has 8 heteroatoms. The summed E-state index contributed by atoms with van der Waals surface area (Å²) in [5.74, 6) is -0.327. The van der Waals surface area contributed by atoms with Crippen LogP contribution in [0.5, 0.6) is 0 Å². The quantitative estimate of drug-likeness (QED) is 0.482. The van der Waals surface area contributed by atoms with Gasteiger partial charge in [0, 0.05) is 48.4 Å². The lowest BCUT2D eigenvalue weighted by Gasteiger charge is -2.45. The van der Waals surface area contributed by atoms with Crippen LogP contribution in [0.25, 0.3) is 32.4 Å². The van der Waals surface area contributed by atoms with Gasteiger partial charge >= 0.3 is 0 Å². The predicted molar refractivity (Wildman–Crippen MR) is 128 cm³/mol. The predicted octanol–water partition coefficient (Wildman–Crippen LogP) is 4.88. The van der Waals surface area contributed by atoms with E-state index < -0.39 is 0 Å². The molecular formula is C24H27FN6S. The first kappa shape index (κ1) is 20.1. The Balaban J connectivity index is 1.33. The number of pyridine rings is 1. The second kappa shape index (κ2) is 6.71. The zero-order chi connectivity index (χ0) is 22.3. The Morgan fingerprint density at radius 2 is 1.94 bits per heavy atom. The van der Waals surface area contributed by atoms with Gasteiger partial charge in [0.25, 0.3) is 0 Å². The number of fused-ring (bicyclic) bond motifs is 4. The molecule has 166 valence electrons. The summed E-state index contributed by atoms with van der Waals surface area (Å²) in [5, 5.41) is 9.85. The highest BCUT2D eigenvalue weighted by atomic mass is 32.1. The number of nitrogens with zero attached hydrogens (tertiary/aromatic N) is 5. The monoisotopic (exact) mass is 450 g/mol. The normalized spacial score (nSPS) is 27.5. The van der Waals surface area contributed by atoms with Crippen molar-refractivity contribution in [2.75, 3.05) is 11.9 Å². The average Bonchev–Trinajstić information content (AvgIpc) is 3.39. The fourth-order valence-electron chi connectivity index (χ4n) is 5.74. The van der Waals surface area contributed by atoms with Crippen LogP contribution in [0.1, 0.15) is 39.5 Å². The maximum Gasteiger partial charge on any atom is 0.186 e. The van der Waals surface area contributed by atoms with Crippen LogP contribution in [-0.4, -0.2) is 43.9 Å². The molecule has 2 fully saturated rings. The van der Waals surface area contributed by atoms with Gasteiger partial charge in [-0.15, -0.1) is 0 Å². The maximum absolute atomic E-state index is 14.6. The van der Waals surface area contributed by atoms with Gasteiger partial charge in [0.05, 0.1) is 16.6 Å². The fourth-order valence-corrected chi connectivity index (χ4v) is 6.75. The molecule has 0 spiro atoms. The number of rotatable bonds is 3. The molecule has 0 aliphatic carbocycles. The van der Waals surface area contributed by atoms with Crippen molar-refractivity contribution in [3.05, 3.63) is 36.4 Å². The Labute approximate surface area is 190 Å². The van der Waals surface area contributed by atoms with Gasteiger partial charge in [-0.05, 0) is 57.7 Å². The number of aromatic nitrogens is 4. The minimum atomic E-state index is -0.327. The van der Waals surface area contributed by atoms with Crippen LogP contribution in [-0.2, 0) is 7.05 Å². The lowest BCUT2D eigenvalue weighted by Crippen LogP contribution is -2.58. The third-order valence-electron chi connectivity index (χ3n) is 7.29. The maximum atomic E-state index is 14.6. The topological polar surface area (TPSA) is 58.9 Å². The molecule has 0 radical (unpaired) electrons. The molecule has 6 rings (SSSR count). The molecule has 2 bridgehead atoms. The zero-order valence-corrected chi connectivity index (χ0v) is 19.6. The van der Waals surface area contributed by atoms with Gasteiger partial charge in [0.2, 0.25) is 0 Å². The van der Waals surface area contributed by atoms with Gasteiger partial charge in [-0.1, -0.05) is 11.3 Å². The molecule has 2 saturated heterocycles. The third-order valence-corrected chi connectivity index (χ3v) is 8.40. The molecule has 6 nitrogen and oxygen atoms in total. The Kier molecular flexibility index (Phi) is 4.21. The summed E-state index contributed by atoms with van der Waals surface area (Å²) in [6.45, 7) is 4.70. The standard InChI is InChI=1S/C24H27FN6S/c1-23-5-6-24(2,29-23)11-16(10-23)31(4)22-27-19-12-26-18(9-20(19)32-22)14-7-15-13-30(3)28-21(15)17(25)8-14/h7-9,12-13,16,29H,5-6,10-11H2,1-4H3/t16-,23+,24-. The first-order valence-corrected chi connectivity index (χ1v) is 11.9. The van der Waals surface area contributed by atoms with E-state index in [0.29, 0.717) is 11.6 Å². The zero-order valence-electron chi connectivity index (χ0n) is 18.8. The van der Waals surface area contributed by atoms with E-state index in [0.717, 1.165) is 44.8 Å². The van der Waals surface area contributed by atoms with Crippen LogP contribution < -0.4 is 10.2 Å². The van der Waals surface area contributed by atoms with Gasteiger partial charge in [-0.2, -0.15) is 5.10 Å². The lowest BCUT2D eigenvalue weighted by atomic mass is 9.84. The SMILES string of the molecule is CN(c1nc2cnc(-c3cc(F)c4nn(C)cc4c3)cc2s1)[C@@H]1C[C@]2(C)CC[C@](C)(C1)N2. The molecule has 2 aliphatic heterocycles.